The van der Waals surface area contributed by atoms with Crippen molar-refractivity contribution in [1.82, 2.24) is 14.5 Å². The van der Waals surface area contributed by atoms with Crippen molar-refractivity contribution in [2.75, 3.05) is 45.7 Å². The van der Waals surface area contributed by atoms with E-state index in [9.17, 15) is 4.79 Å². The number of hydrogen-bond donors (Lipinski definition) is 1. The number of nitrogens with zero attached hydrogens (tertiary/aromatic N) is 3. The summed E-state index contributed by atoms with van der Waals surface area (Å²) in [5, 5.41) is 3.29. The van der Waals surface area contributed by atoms with Gasteiger partial charge < -0.3 is 19.7 Å². The van der Waals surface area contributed by atoms with E-state index in [-0.39, 0.29) is 5.69 Å². The molecule has 0 saturated heterocycles. The molecule has 0 spiro atoms. The molecule has 0 radical (unpaired) electrons. The quantitative estimate of drug-likeness (QED) is 0.766. The lowest BCUT2D eigenvalue weighted by molar-refractivity contribution is 0.316. The zero-order valence-corrected chi connectivity index (χ0v) is 16.5. The lowest BCUT2D eigenvalue weighted by atomic mass is 9.97. The van der Waals surface area contributed by atoms with E-state index in [1.165, 1.54) is 0 Å². The zero-order chi connectivity index (χ0) is 19.4. The Morgan fingerprint density at radius 3 is 2.52 bits per heavy atom. The van der Waals surface area contributed by atoms with E-state index in [0.717, 1.165) is 49.4 Å². The van der Waals surface area contributed by atoms with Crippen LogP contribution in [0.15, 0.2) is 23.0 Å². The number of likely N-dealkylation sites (N-methyl/N-ethyl adjacent to an activating group) is 1. The molecule has 0 saturated carbocycles. The summed E-state index contributed by atoms with van der Waals surface area (Å²) in [5.41, 5.74) is 2.78. The molecule has 1 aromatic heterocycles. The smallest absolute Gasteiger partial charge is 0.349 e. The third-order valence-corrected chi connectivity index (χ3v) is 5.13. The second kappa shape index (κ2) is 8.43. The van der Waals surface area contributed by atoms with Crippen LogP contribution in [-0.2, 0) is 13.0 Å². The zero-order valence-electron chi connectivity index (χ0n) is 16.5. The van der Waals surface area contributed by atoms with Gasteiger partial charge in [0.1, 0.15) is 5.82 Å². The molecule has 146 valence electrons. The number of aromatic nitrogens is 2. The predicted octanol–water partition coefficient (Wildman–Crippen LogP) is 2.24. The first-order valence-corrected chi connectivity index (χ1v) is 9.44. The van der Waals surface area contributed by atoms with Gasteiger partial charge in [0.15, 0.2) is 11.5 Å². The fourth-order valence-electron chi connectivity index (χ4n) is 3.52. The Bertz CT molecular complexity index is 859. The minimum absolute atomic E-state index is 0.224. The molecular formula is C20H28N4O3. The Balaban J connectivity index is 1.92. The van der Waals surface area contributed by atoms with E-state index in [2.05, 4.69) is 29.0 Å². The van der Waals surface area contributed by atoms with Crippen LogP contribution in [0.3, 0.4) is 0 Å². The second-order valence-corrected chi connectivity index (χ2v) is 6.53. The Kier molecular flexibility index (Phi) is 6.01. The largest absolute Gasteiger partial charge is 0.493 e. The number of fused-ring (bicyclic) bond motifs is 3. The molecule has 2 aromatic rings. The summed E-state index contributed by atoms with van der Waals surface area (Å²) in [7, 11) is 3.25. The highest BCUT2D eigenvalue weighted by molar-refractivity contribution is 5.71. The molecule has 0 atom stereocenters. The first-order chi connectivity index (χ1) is 13.1. The van der Waals surface area contributed by atoms with Gasteiger partial charge in [0.05, 0.1) is 19.9 Å². The highest BCUT2D eigenvalue weighted by Gasteiger charge is 2.21. The normalized spacial score (nSPS) is 12.5. The van der Waals surface area contributed by atoms with Gasteiger partial charge in [-0.15, -0.1) is 0 Å². The van der Waals surface area contributed by atoms with Gasteiger partial charge in [-0.3, -0.25) is 4.57 Å². The molecule has 27 heavy (non-hydrogen) atoms. The predicted molar refractivity (Wildman–Crippen MR) is 107 cm³/mol. The summed E-state index contributed by atoms with van der Waals surface area (Å²) in [5.74, 6) is 1.98. The summed E-state index contributed by atoms with van der Waals surface area (Å²) in [6.45, 7) is 8.58. The Morgan fingerprint density at radius 1 is 1.15 bits per heavy atom. The molecule has 7 nitrogen and oxygen atoms in total. The van der Waals surface area contributed by atoms with Gasteiger partial charge in [-0.1, -0.05) is 13.8 Å². The van der Waals surface area contributed by atoms with E-state index < -0.39 is 0 Å². The summed E-state index contributed by atoms with van der Waals surface area (Å²) in [6.07, 6.45) is 0.763. The van der Waals surface area contributed by atoms with E-state index in [1.54, 1.807) is 18.8 Å². The van der Waals surface area contributed by atoms with Crippen LogP contribution in [0.4, 0.5) is 5.82 Å². The average molecular weight is 372 g/mol. The summed E-state index contributed by atoms with van der Waals surface area (Å²) in [6, 6.07) is 5.89. The summed E-state index contributed by atoms with van der Waals surface area (Å²) < 4.78 is 12.6. The van der Waals surface area contributed by atoms with Crippen LogP contribution in [-0.4, -0.2) is 54.8 Å². The minimum Gasteiger partial charge on any atom is -0.493 e. The fraction of sp³-hybridized carbons (Fsp3) is 0.500. The standard InChI is InChI=1S/C20H28N4O3/c1-5-23(6-2)10-8-21-19-13-16-15-12-18(27-4)17(26-3)11-14(15)7-9-24(16)20(25)22-19/h11-13H,5-10H2,1-4H3,(H,21,22,25). The van der Waals surface area contributed by atoms with Gasteiger partial charge in [-0.25, -0.2) is 4.79 Å². The Labute approximate surface area is 159 Å². The second-order valence-electron chi connectivity index (χ2n) is 6.53. The monoisotopic (exact) mass is 372 g/mol. The third kappa shape index (κ3) is 3.93. The molecule has 1 aliphatic rings. The Morgan fingerprint density at radius 2 is 1.85 bits per heavy atom. The van der Waals surface area contributed by atoms with E-state index >= 15 is 0 Å². The van der Waals surface area contributed by atoms with Crippen LogP contribution in [0.1, 0.15) is 19.4 Å². The fourth-order valence-corrected chi connectivity index (χ4v) is 3.52. The van der Waals surface area contributed by atoms with E-state index in [4.69, 9.17) is 9.47 Å². The lowest BCUT2D eigenvalue weighted by Crippen LogP contribution is -2.31. The van der Waals surface area contributed by atoms with Crippen molar-refractivity contribution in [1.29, 1.82) is 0 Å². The Hall–Kier alpha value is -2.54. The molecular weight excluding hydrogens is 344 g/mol. The molecule has 0 unspecified atom stereocenters. The average Bonchev–Trinajstić information content (AvgIpc) is 2.70. The number of nitrogens with one attached hydrogen (secondary N) is 1. The van der Waals surface area contributed by atoms with Crippen molar-refractivity contribution < 1.29 is 9.47 Å². The lowest BCUT2D eigenvalue weighted by Gasteiger charge is -2.24. The molecule has 0 bridgehead atoms. The molecule has 0 fully saturated rings. The van der Waals surface area contributed by atoms with Crippen molar-refractivity contribution in [3.8, 4) is 22.8 Å². The summed E-state index contributed by atoms with van der Waals surface area (Å²) >= 11 is 0. The number of anilines is 1. The van der Waals surface area contributed by atoms with Crippen LogP contribution >= 0.6 is 0 Å². The molecule has 1 aromatic carbocycles. The van der Waals surface area contributed by atoms with Crippen LogP contribution in [0.5, 0.6) is 11.5 Å². The molecule has 3 rings (SSSR count). The maximum absolute atomic E-state index is 12.5. The number of rotatable bonds is 8. The maximum atomic E-state index is 12.5. The number of methoxy groups -OCH3 is 2. The molecule has 0 amide bonds. The first-order valence-electron chi connectivity index (χ1n) is 9.44. The maximum Gasteiger partial charge on any atom is 0.349 e. The number of hydrogen-bond acceptors (Lipinski definition) is 6. The van der Waals surface area contributed by atoms with Gasteiger partial charge in [0.2, 0.25) is 0 Å². The van der Waals surface area contributed by atoms with Crippen molar-refractivity contribution in [3.05, 3.63) is 34.2 Å². The van der Waals surface area contributed by atoms with Crippen LogP contribution in [0.25, 0.3) is 11.3 Å². The number of benzene rings is 1. The van der Waals surface area contributed by atoms with Gasteiger partial charge in [-0.2, -0.15) is 4.98 Å². The van der Waals surface area contributed by atoms with E-state index in [0.29, 0.717) is 23.9 Å². The van der Waals surface area contributed by atoms with Crippen molar-refractivity contribution in [3.63, 3.8) is 0 Å². The first kappa shape index (κ1) is 19.2. The van der Waals surface area contributed by atoms with Gasteiger partial charge in [-0.05, 0) is 37.2 Å². The highest BCUT2D eigenvalue weighted by Crippen LogP contribution is 2.38. The van der Waals surface area contributed by atoms with Crippen LogP contribution in [0, 0.1) is 0 Å². The molecule has 2 heterocycles. The topological polar surface area (TPSA) is 68.6 Å². The third-order valence-electron chi connectivity index (χ3n) is 5.13. The molecule has 1 aliphatic heterocycles. The van der Waals surface area contributed by atoms with Crippen molar-refractivity contribution in [2.24, 2.45) is 0 Å². The molecule has 7 heteroatoms. The molecule has 0 aliphatic carbocycles. The van der Waals surface area contributed by atoms with Crippen LogP contribution < -0.4 is 20.5 Å². The van der Waals surface area contributed by atoms with Crippen LogP contribution in [0.2, 0.25) is 0 Å². The number of ether oxygens (including phenoxy) is 2. The van der Waals surface area contributed by atoms with Crippen molar-refractivity contribution >= 4 is 5.82 Å². The van der Waals surface area contributed by atoms with Gasteiger partial charge >= 0.3 is 5.69 Å². The van der Waals surface area contributed by atoms with Crippen molar-refractivity contribution in [2.45, 2.75) is 26.8 Å². The summed E-state index contributed by atoms with van der Waals surface area (Å²) in [4.78, 5) is 19.1. The highest BCUT2D eigenvalue weighted by atomic mass is 16.5. The van der Waals surface area contributed by atoms with Gasteiger partial charge in [0.25, 0.3) is 0 Å². The minimum atomic E-state index is -0.224. The molecule has 1 N–H and O–H groups in total. The van der Waals surface area contributed by atoms with E-state index in [1.807, 2.05) is 18.2 Å². The SMILES string of the molecule is CCN(CC)CCNc1cc2n(c(=O)n1)CCc1cc(OC)c(OC)cc1-2. The number of aryl methyl sites for hydroxylation is 1. The van der Waals surface area contributed by atoms with Gasteiger partial charge in [0, 0.05) is 31.3 Å².